The summed E-state index contributed by atoms with van der Waals surface area (Å²) in [6, 6.07) is 5.68. The highest BCUT2D eigenvalue weighted by molar-refractivity contribution is 5.28. The number of aliphatic hydroxyl groups excluding tert-OH is 1. The van der Waals surface area contributed by atoms with Crippen molar-refractivity contribution in [1.29, 1.82) is 0 Å². The van der Waals surface area contributed by atoms with Crippen molar-refractivity contribution in [3.05, 3.63) is 29.8 Å². The maximum Gasteiger partial charge on any atom is 0.340 e. The molecule has 0 spiro atoms. The molecule has 1 N–H and O–H groups in total. The lowest BCUT2D eigenvalue weighted by molar-refractivity contribution is -0.148. The molecule has 0 atom stereocenters. The quantitative estimate of drug-likeness (QED) is 0.798. The maximum atomic E-state index is 12.5. The SMILES string of the molecule is OCc1cccc(OCC(F)(F)C(F)F)c1. The van der Waals surface area contributed by atoms with Crippen molar-refractivity contribution in [1.82, 2.24) is 0 Å². The van der Waals surface area contributed by atoms with Crippen LogP contribution in [0.2, 0.25) is 0 Å². The third-order valence-electron chi connectivity index (χ3n) is 1.83. The van der Waals surface area contributed by atoms with Gasteiger partial charge in [-0.3, -0.25) is 0 Å². The molecule has 2 nitrogen and oxygen atoms in total. The van der Waals surface area contributed by atoms with Gasteiger partial charge in [0.05, 0.1) is 6.61 Å². The summed E-state index contributed by atoms with van der Waals surface area (Å²) in [4.78, 5) is 0. The third-order valence-corrected chi connectivity index (χ3v) is 1.83. The van der Waals surface area contributed by atoms with Gasteiger partial charge in [-0.2, -0.15) is 8.78 Å². The van der Waals surface area contributed by atoms with E-state index in [0.717, 1.165) is 0 Å². The number of halogens is 4. The van der Waals surface area contributed by atoms with Crippen molar-refractivity contribution in [2.24, 2.45) is 0 Å². The van der Waals surface area contributed by atoms with Crippen LogP contribution in [0.4, 0.5) is 17.6 Å². The number of hydrogen-bond acceptors (Lipinski definition) is 2. The Morgan fingerprint density at radius 1 is 1.31 bits per heavy atom. The number of alkyl halides is 4. The zero-order valence-corrected chi connectivity index (χ0v) is 8.17. The molecule has 90 valence electrons. The highest BCUT2D eigenvalue weighted by Gasteiger charge is 2.41. The molecule has 0 fully saturated rings. The molecule has 16 heavy (non-hydrogen) atoms. The van der Waals surface area contributed by atoms with E-state index < -0.39 is 19.0 Å². The summed E-state index contributed by atoms with van der Waals surface area (Å²) in [7, 11) is 0. The van der Waals surface area contributed by atoms with E-state index in [1.165, 1.54) is 18.2 Å². The van der Waals surface area contributed by atoms with Crippen LogP contribution in [-0.2, 0) is 6.61 Å². The van der Waals surface area contributed by atoms with Crippen molar-refractivity contribution in [2.45, 2.75) is 19.0 Å². The van der Waals surface area contributed by atoms with E-state index >= 15 is 0 Å². The first-order chi connectivity index (χ1) is 7.45. The van der Waals surface area contributed by atoms with E-state index in [0.29, 0.717) is 5.56 Å². The van der Waals surface area contributed by atoms with Gasteiger partial charge in [0.25, 0.3) is 0 Å². The predicted octanol–water partition coefficient (Wildman–Crippen LogP) is 2.46. The average molecular weight is 238 g/mol. The summed E-state index contributed by atoms with van der Waals surface area (Å²) in [5, 5.41) is 8.75. The van der Waals surface area contributed by atoms with E-state index in [9.17, 15) is 17.6 Å². The number of rotatable bonds is 5. The van der Waals surface area contributed by atoms with Crippen LogP contribution in [0.15, 0.2) is 24.3 Å². The Morgan fingerprint density at radius 3 is 2.56 bits per heavy atom. The molecule has 0 aliphatic carbocycles. The number of hydrogen-bond donors (Lipinski definition) is 1. The smallest absolute Gasteiger partial charge is 0.340 e. The minimum Gasteiger partial charge on any atom is -0.487 e. The molecule has 1 rings (SSSR count). The van der Waals surface area contributed by atoms with Gasteiger partial charge < -0.3 is 9.84 Å². The highest BCUT2D eigenvalue weighted by atomic mass is 19.3. The Hall–Kier alpha value is -1.30. The number of benzene rings is 1. The molecule has 0 heterocycles. The topological polar surface area (TPSA) is 29.5 Å². The summed E-state index contributed by atoms with van der Waals surface area (Å²) < 4.78 is 53.1. The van der Waals surface area contributed by atoms with Crippen LogP contribution in [0, 0.1) is 0 Å². The highest BCUT2D eigenvalue weighted by Crippen LogP contribution is 2.24. The lowest BCUT2D eigenvalue weighted by Gasteiger charge is -2.16. The molecular formula is C10H10F4O2. The van der Waals surface area contributed by atoms with Crippen molar-refractivity contribution in [3.63, 3.8) is 0 Å². The first-order valence-corrected chi connectivity index (χ1v) is 4.44. The lowest BCUT2D eigenvalue weighted by Crippen LogP contribution is -2.33. The molecule has 1 aromatic carbocycles. The van der Waals surface area contributed by atoms with Crippen LogP contribution in [0.25, 0.3) is 0 Å². The summed E-state index contributed by atoms with van der Waals surface area (Å²) in [5.41, 5.74) is 0.456. The monoisotopic (exact) mass is 238 g/mol. The Labute approximate surface area is 89.5 Å². The summed E-state index contributed by atoms with van der Waals surface area (Å²) >= 11 is 0. The summed E-state index contributed by atoms with van der Waals surface area (Å²) in [6.45, 7) is -1.66. The molecule has 0 saturated carbocycles. The fraction of sp³-hybridized carbons (Fsp3) is 0.400. The van der Waals surface area contributed by atoms with E-state index in [4.69, 9.17) is 5.11 Å². The van der Waals surface area contributed by atoms with E-state index in [-0.39, 0.29) is 12.4 Å². The van der Waals surface area contributed by atoms with Crippen LogP contribution in [0.3, 0.4) is 0 Å². The van der Waals surface area contributed by atoms with Gasteiger partial charge in [0, 0.05) is 0 Å². The van der Waals surface area contributed by atoms with Gasteiger partial charge >= 0.3 is 12.3 Å². The second-order valence-electron chi connectivity index (χ2n) is 3.16. The normalized spacial score (nSPS) is 11.9. The molecule has 0 amide bonds. The van der Waals surface area contributed by atoms with Gasteiger partial charge in [-0.1, -0.05) is 12.1 Å². The second-order valence-corrected chi connectivity index (χ2v) is 3.16. The first kappa shape index (κ1) is 12.8. The Morgan fingerprint density at radius 2 is 2.00 bits per heavy atom. The summed E-state index contributed by atoms with van der Waals surface area (Å²) in [6.07, 6.45) is -3.76. The lowest BCUT2D eigenvalue weighted by atomic mass is 10.2. The fourth-order valence-electron chi connectivity index (χ4n) is 0.976. The molecule has 1 aromatic rings. The van der Waals surface area contributed by atoms with E-state index in [1.807, 2.05) is 0 Å². The first-order valence-electron chi connectivity index (χ1n) is 4.44. The Balaban J connectivity index is 2.60. The molecular weight excluding hydrogens is 228 g/mol. The molecule has 0 unspecified atom stereocenters. The molecule has 0 saturated heterocycles. The summed E-state index contributed by atoms with van der Waals surface area (Å²) in [5.74, 6) is -4.15. The fourth-order valence-corrected chi connectivity index (χ4v) is 0.976. The molecule has 0 aliphatic heterocycles. The number of aliphatic hydroxyl groups is 1. The molecule has 0 radical (unpaired) electrons. The molecule has 0 bridgehead atoms. The van der Waals surface area contributed by atoms with Gasteiger partial charge in [-0.15, -0.1) is 0 Å². The van der Waals surface area contributed by atoms with Crippen LogP contribution in [-0.4, -0.2) is 24.1 Å². The Bertz CT molecular complexity index is 341. The van der Waals surface area contributed by atoms with Crippen LogP contribution >= 0.6 is 0 Å². The largest absolute Gasteiger partial charge is 0.487 e. The van der Waals surface area contributed by atoms with E-state index in [1.54, 1.807) is 6.07 Å². The zero-order valence-electron chi connectivity index (χ0n) is 8.17. The van der Waals surface area contributed by atoms with Crippen molar-refractivity contribution >= 4 is 0 Å². The molecule has 6 heteroatoms. The van der Waals surface area contributed by atoms with Crippen LogP contribution in [0.5, 0.6) is 5.75 Å². The van der Waals surface area contributed by atoms with Crippen molar-refractivity contribution < 1.29 is 27.4 Å². The standard InChI is InChI=1S/C10H10F4O2/c11-9(12)10(13,14)6-16-8-3-1-2-7(4-8)5-15/h1-4,9,15H,5-6H2. The van der Waals surface area contributed by atoms with E-state index in [2.05, 4.69) is 4.74 Å². The van der Waals surface area contributed by atoms with Gasteiger partial charge in [0.2, 0.25) is 0 Å². The number of ether oxygens (including phenoxy) is 1. The third kappa shape index (κ3) is 3.37. The van der Waals surface area contributed by atoms with Crippen molar-refractivity contribution in [2.75, 3.05) is 6.61 Å². The minimum atomic E-state index is -4.17. The molecule has 0 aliphatic rings. The van der Waals surface area contributed by atoms with Crippen LogP contribution in [0.1, 0.15) is 5.56 Å². The van der Waals surface area contributed by atoms with Gasteiger partial charge in [-0.25, -0.2) is 8.78 Å². The van der Waals surface area contributed by atoms with Gasteiger partial charge in [0.1, 0.15) is 5.75 Å². The zero-order chi connectivity index (χ0) is 12.2. The minimum absolute atomic E-state index is 0.0203. The van der Waals surface area contributed by atoms with Crippen molar-refractivity contribution in [3.8, 4) is 5.75 Å². The maximum absolute atomic E-state index is 12.5. The molecule has 0 aromatic heterocycles. The average Bonchev–Trinajstić information content (AvgIpc) is 2.26. The van der Waals surface area contributed by atoms with Gasteiger partial charge in [0.15, 0.2) is 6.61 Å². The predicted molar refractivity (Wildman–Crippen MR) is 48.8 cm³/mol. The Kier molecular flexibility index (Phi) is 4.12. The van der Waals surface area contributed by atoms with Gasteiger partial charge in [-0.05, 0) is 17.7 Å². The second kappa shape index (κ2) is 5.16. The van der Waals surface area contributed by atoms with Crippen LogP contribution < -0.4 is 4.74 Å².